The molecule has 0 unspecified atom stereocenters. The molecule has 3 heterocycles. The molecule has 10 heteroatoms. The highest BCUT2D eigenvalue weighted by Gasteiger charge is 2.35. The van der Waals surface area contributed by atoms with Gasteiger partial charge in [-0.2, -0.15) is 18.4 Å². The summed E-state index contributed by atoms with van der Waals surface area (Å²) in [4.78, 5) is 7.81. The van der Waals surface area contributed by atoms with Crippen molar-refractivity contribution in [3.63, 3.8) is 0 Å². The summed E-state index contributed by atoms with van der Waals surface area (Å²) >= 11 is 0. The van der Waals surface area contributed by atoms with Crippen molar-refractivity contribution < 1.29 is 26.3 Å². The lowest BCUT2D eigenvalue weighted by molar-refractivity contribution is -0.139. The van der Waals surface area contributed by atoms with Gasteiger partial charge in [-0.15, -0.1) is 0 Å². The highest BCUT2D eigenvalue weighted by molar-refractivity contribution is 5.71. The van der Waals surface area contributed by atoms with E-state index >= 15 is 0 Å². The number of aromatic nitrogens is 3. The van der Waals surface area contributed by atoms with Crippen molar-refractivity contribution in [2.45, 2.75) is 6.18 Å². The van der Waals surface area contributed by atoms with Crippen LogP contribution in [0.15, 0.2) is 48.8 Å². The summed E-state index contributed by atoms with van der Waals surface area (Å²) in [6.45, 7) is 0. The van der Waals surface area contributed by atoms with E-state index in [1.807, 2.05) is 0 Å². The number of fused-ring (bicyclic) bond motifs is 1. The number of alkyl halides is 3. The first-order valence-corrected chi connectivity index (χ1v) is 8.30. The Bertz CT molecular complexity index is 1330. The molecule has 30 heavy (non-hydrogen) atoms. The Morgan fingerprint density at radius 3 is 2.47 bits per heavy atom. The van der Waals surface area contributed by atoms with Gasteiger partial charge in [0.1, 0.15) is 17.3 Å². The highest BCUT2D eigenvalue weighted by Crippen LogP contribution is 2.34. The number of benzene rings is 1. The average molecular weight is 418 g/mol. The lowest BCUT2D eigenvalue weighted by Gasteiger charge is -2.10. The van der Waals surface area contributed by atoms with Gasteiger partial charge in [-0.25, -0.2) is 23.1 Å². The van der Waals surface area contributed by atoms with Gasteiger partial charge in [0.05, 0.1) is 34.8 Å². The third-order valence-corrected chi connectivity index (χ3v) is 4.39. The predicted molar refractivity (Wildman–Crippen MR) is 93.4 cm³/mol. The van der Waals surface area contributed by atoms with Crippen molar-refractivity contribution in [1.29, 1.82) is 5.26 Å². The molecular weight excluding hydrogens is 410 g/mol. The SMILES string of the molecule is N#Cc1cc(F)ccc1-c1nc(-c2cnc3c(F)c(C(F)(F)F)ccn23)ccc1F. The first-order valence-electron chi connectivity index (χ1n) is 8.30. The zero-order chi connectivity index (χ0) is 21.6. The molecule has 0 atom stereocenters. The third kappa shape index (κ3) is 3.14. The molecule has 1 aromatic carbocycles. The van der Waals surface area contributed by atoms with Gasteiger partial charge in [0.25, 0.3) is 0 Å². The molecule has 0 aliphatic heterocycles. The molecule has 0 spiro atoms. The van der Waals surface area contributed by atoms with Gasteiger partial charge in [0.15, 0.2) is 11.5 Å². The summed E-state index contributed by atoms with van der Waals surface area (Å²) in [5.41, 5.74) is -2.29. The van der Waals surface area contributed by atoms with Crippen LogP contribution in [0, 0.1) is 28.8 Å². The van der Waals surface area contributed by atoms with E-state index in [2.05, 4.69) is 9.97 Å². The summed E-state index contributed by atoms with van der Waals surface area (Å²) in [6.07, 6.45) is -2.82. The van der Waals surface area contributed by atoms with Crippen molar-refractivity contribution in [2.75, 3.05) is 0 Å². The zero-order valence-corrected chi connectivity index (χ0v) is 14.7. The van der Waals surface area contributed by atoms with E-state index in [1.165, 1.54) is 12.1 Å². The fraction of sp³-hybridized carbons (Fsp3) is 0.0500. The number of pyridine rings is 2. The number of halogens is 6. The van der Waals surface area contributed by atoms with Crippen molar-refractivity contribution in [3.05, 3.63) is 77.4 Å². The Kier molecular flexibility index (Phi) is 4.46. The van der Waals surface area contributed by atoms with E-state index in [1.54, 1.807) is 6.07 Å². The number of imidazole rings is 1. The van der Waals surface area contributed by atoms with E-state index in [0.29, 0.717) is 6.07 Å². The molecule has 150 valence electrons. The maximum absolute atomic E-state index is 14.4. The molecule has 0 radical (unpaired) electrons. The lowest BCUT2D eigenvalue weighted by atomic mass is 10.0. The second-order valence-corrected chi connectivity index (χ2v) is 6.21. The van der Waals surface area contributed by atoms with Crippen LogP contribution in [0.25, 0.3) is 28.3 Å². The Morgan fingerprint density at radius 1 is 1.00 bits per heavy atom. The average Bonchev–Trinajstić information content (AvgIpc) is 3.13. The quantitative estimate of drug-likeness (QED) is 0.411. The summed E-state index contributed by atoms with van der Waals surface area (Å²) in [6, 6.07) is 7.72. The maximum Gasteiger partial charge on any atom is 0.419 e. The van der Waals surface area contributed by atoms with Crippen LogP contribution in [0.3, 0.4) is 0 Å². The Morgan fingerprint density at radius 2 is 1.77 bits per heavy atom. The minimum Gasteiger partial charge on any atom is -0.296 e. The summed E-state index contributed by atoms with van der Waals surface area (Å²) in [5, 5.41) is 9.20. The number of rotatable bonds is 2. The second kappa shape index (κ2) is 6.88. The smallest absolute Gasteiger partial charge is 0.296 e. The lowest BCUT2D eigenvalue weighted by Crippen LogP contribution is -2.09. The standard InChI is InChI=1S/C20H8F6N4/c21-11-1-2-12(10(7-11)8-27)18-14(22)3-4-15(29-18)16-9-28-19-17(23)13(20(24,25)26)5-6-30(16)19/h1-7,9H. The Balaban J connectivity index is 1.90. The van der Waals surface area contributed by atoms with Crippen LogP contribution in [0.4, 0.5) is 26.3 Å². The van der Waals surface area contributed by atoms with Crippen LogP contribution in [0.2, 0.25) is 0 Å². The van der Waals surface area contributed by atoms with Crippen molar-refractivity contribution in [2.24, 2.45) is 0 Å². The topological polar surface area (TPSA) is 54.0 Å². The summed E-state index contributed by atoms with van der Waals surface area (Å²) in [5.74, 6) is -3.05. The second-order valence-electron chi connectivity index (χ2n) is 6.21. The molecule has 0 amide bonds. The monoisotopic (exact) mass is 418 g/mol. The van der Waals surface area contributed by atoms with Crippen LogP contribution >= 0.6 is 0 Å². The summed E-state index contributed by atoms with van der Waals surface area (Å²) in [7, 11) is 0. The molecule has 4 rings (SSSR count). The van der Waals surface area contributed by atoms with Gasteiger partial charge >= 0.3 is 6.18 Å². The molecule has 3 aromatic heterocycles. The van der Waals surface area contributed by atoms with Crippen molar-refractivity contribution in [1.82, 2.24) is 14.4 Å². The molecule has 0 aliphatic carbocycles. The van der Waals surface area contributed by atoms with E-state index in [-0.39, 0.29) is 28.2 Å². The molecule has 4 aromatic rings. The summed E-state index contributed by atoms with van der Waals surface area (Å²) < 4.78 is 81.8. The van der Waals surface area contributed by atoms with Gasteiger partial charge < -0.3 is 0 Å². The zero-order valence-electron chi connectivity index (χ0n) is 14.7. The molecule has 0 saturated carbocycles. The molecule has 0 fully saturated rings. The van der Waals surface area contributed by atoms with Gasteiger partial charge in [0, 0.05) is 11.8 Å². The van der Waals surface area contributed by atoms with Crippen molar-refractivity contribution in [3.8, 4) is 28.7 Å². The number of hydrogen-bond donors (Lipinski definition) is 0. The highest BCUT2D eigenvalue weighted by atomic mass is 19.4. The van der Waals surface area contributed by atoms with Crippen LogP contribution in [-0.4, -0.2) is 14.4 Å². The van der Waals surface area contributed by atoms with Crippen molar-refractivity contribution >= 4 is 5.65 Å². The van der Waals surface area contributed by atoms with Gasteiger partial charge in [0.2, 0.25) is 0 Å². The third-order valence-electron chi connectivity index (χ3n) is 4.39. The maximum atomic E-state index is 14.4. The molecular formula is C20H8F6N4. The van der Waals surface area contributed by atoms with E-state index in [4.69, 9.17) is 0 Å². The first kappa shape index (κ1) is 19.4. The molecule has 0 N–H and O–H groups in total. The predicted octanol–water partition coefficient (Wildman–Crippen LogP) is 5.37. The largest absolute Gasteiger partial charge is 0.419 e. The van der Waals surface area contributed by atoms with E-state index < -0.39 is 34.8 Å². The number of hydrogen-bond acceptors (Lipinski definition) is 3. The van der Waals surface area contributed by atoms with Gasteiger partial charge in [-0.1, -0.05) is 0 Å². The van der Waals surface area contributed by atoms with Crippen LogP contribution in [0.5, 0.6) is 0 Å². The minimum absolute atomic E-state index is 0.0256. The number of nitriles is 1. The molecule has 0 aliphatic rings. The molecule has 0 saturated heterocycles. The van der Waals surface area contributed by atoms with Crippen LogP contribution in [-0.2, 0) is 6.18 Å². The first-order chi connectivity index (χ1) is 14.2. The van der Waals surface area contributed by atoms with Gasteiger partial charge in [-0.05, 0) is 36.4 Å². The van der Waals surface area contributed by atoms with E-state index in [0.717, 1.165) is 35.0 Å². The number of nitrogens with zero attached hydrogens (tertiary/aromatic N) is 4. The fourth-order valence-electron chi connectivity index (χ4n) is 3.01. The minimum atomic E-state index is -4.89. The van der Waals surface area contributed by atoms with Gasteiger partial charge in [-0.3, -0.25) is 4.40 Å². The fourth-order valence-corrected chi connectivity index (χ4v) is 3.01. The Labute approximate surface area is 164 Å². The van der Waals surface area contributed by atoms with Crippen LogP contribution in [0.1, 0.15) is 11.1 Å². The van der Waals surface area contributed by atoms with Crippen LogP contribution < -0.4 is 0 Å². The normalized spacial score (nSPS) is 11.6. The molecule has 4 nitrogen and oxygen atoms in total. The molecule has 0 bridgehead atoms. The van der Waals surface area contributed by atoms with E-state index in [9.17, 15) is 31.6 Å². The Hall–Kier alpha value is -3.87.